The largest absolute Gasteiger partial charge is 0.353 e. The molecule has 1 atom stereocenters. The van der Waals surface area contributed by atoms with Crippen molar-refractivity contribution < 1.29 is 0 Å². The van der Waals surface area contributed by atoms with Gasteiger partial charge in [-0.1, -0.05) is 30.3 Å². The summed E-state index contributed by atoms with van der Waals surface area (Å²) in [5, 5.41) is 2.23. The van der Waals surface area contributed by atoms with Crippen molar-refractivity contribution >= 4 is 27.7 Å². The minimum atomic E-state index is 0.265. The lowest BCUT2D eigenvalue weighted by molar-refractivity contribution is 0.849. The van der Waals surface area contributed by atoms with Gasteiger partial charge in [-0.2, -0.15) is 0 Å². The van der Waals surface area contributed by atoms with Crippen LogP contribution < -0.4 is 0 Å². The molecule has 3 nitrogen and oxygen atoms in total. The van der Waals surface area contributed by atoms with Crippen LogP contribution in [-0.4, -0.2) is 20.8 Å². The van der Waals surface area contributed by atoms with E-state index in [1.165, 1.54) is 5.56 Å². The molecule has 3 heterocycles. The van der Waals surface area contributed by atoms with Crippen molar-refractivity contribution in [3.8, 4) is 0 Å². The van der Waals surface area contributed by atoms with E-state index < -0.39 is 0 Å². The van der Waals surface area contributed by atoms with Gasteiger partial charge in [0.2, 0.25) is 0 Å². The zero-order valence-electron chi connectivity index (χ0n) is 10.8. The van der Waals surface area contributed by atoms with E-state index in [0.717, 1.165) is 27.4 Å². The van der Waals surface area contributed by atoms with Gasteiger partial charge in [0.1, 0.15) is 5.04 Å². The number of nitrogens with one attached hydrogen (secondary N) is 1. The third-order valence-electron chi connectivity index (χ3n) is 3.49. The van der Waals surface area contributed by atoms with E-state index in [1.807, 2.05) is 30.1 Å². The Morgan fingerprint density at radius 1 is 1.15 bits per heavy atom. The summed E-state index contributed by atoms with van der Waals surface area (Å²) in [6, 6.07) is 14.9. The maximum atomic E-state index is 4.85. The summed E-state index contributed by atoms with van der Waals surface area (Å²) in [6.07, 6.45) is 3.68. The number of aliphatic imine (C=N–C) groups is 1. The Balaban J connectivity index is 1.69. The molecule has 4 rings (SSSR count). The number of benzene rings is 1. The highest BCUT2D eigenvalue weighted by Crippen LogP contribution is 2.33. The normalized spacial score (nSPS) is 18.4. The first kappa shape index (κ1) is 11.7. The Morgan fingerprint density at radius 3 is 2.90 bits per heavy atom. The van der Waals surface area contributed by atoms with Gasteiger partial charge in [-0.15, -0.1) is 11.8 Å². The van der Waals surface area contributed by atoms with Crippen molar-refractivity contribution in [1.82, 2.24) is 9.97 Å². The van der Waals surface area contributed by atoms with E-state index in [0.29, 0.717) is 0 Å². The molecule has 0 amide bonds. The molecule has 1 aliphatic heterocycles. The number of hydrogen-bond acceptors (Lipinski definition) is 3. The van der Waals surface area contributed by atoms with Crippen LogP contribution in [0.2, 0.25) is 0 Å². The molecule has 2 aromatic heterocycles. The zero-order chi connectivity index (χ0) is 13.4. The molecule has 0 radical (unpaired) electrons. The first-order valence-electron chi connectivity index (χ1n) is 6.59. The van der Waals surface area contributed by atoms with Gasteiger partial charge in [0.15, 0.2) is 0 Å². The molecule has 0 saturated heterocycles. The van der Waals surface area contributed by atoms with Gasteiger partial charge in [0.25, 0.3) is 0 Å². The fraction of sp³-hybridized carbons (Fsp3) is 0.125. The van der Waals surface area contributed by atoms with Gasteiger partial charge >= 0.3 is 0 Å². The van der Waals surface area contributed by atoms with E-state index in [4.69, 9.17) is 4.99 Å². The van der Waals surface area contributed by atoms with E-state index in [2.05, 4.69) is 40.3 Å². The number of aromatic nitrogens is 2. The number of H-pyrrole nitrogens is 1. The second-order valence-electron chi connectivity index (χ2n) is 4.82. The summed E-state index contributed by atoms with van der Waals surface area (Å²) in [6.45, 7) is 0. The van der Waals surface area contributed by atoms with E-state index in [9.17, 15) is 0 Å². The highest BCUT2D eigenvalue weighted by atomic mass is 32.2. The lowest BCUT2D eigenvalue weighted by Gasteiger charge is -2.04. The van der Waals surface area contributed by atoms with Gasteiger partial charge in [0, 0.05) is 29.0 Å². The Bertz CT molecular complexity index is 744. The molecule has 3 aromatic rings. The quantitative estimate of drug-likeness (QED) is 0.775. The molecule has 0 aliphatic carbocycles. The van der Waals surface area contributed by atoms with Crippen LogP contribution in [0, 0.1) is 0 Å². The Labute approximate surface area is 121 Å². The Morgan fingerprint density at radius 2 is 2.05 bits per heavy atom. The fourth-order valence-electron chi connectivity index (χ4n) is 2.45. The SMILES string of the molecule is c1ccc(C2CSC(c3cc4cnccc4[nH]3)=N2)cc1. The lowest BCUT2D eigenvalue weighted by atomic mass is 10.1. The van der Waals surface area contributed by atoms with Crippen LogP contribution in [0.15, 0.2) is 59.9 Å². The first-order chi connectivity index (χ1) is 9.90. The van der Waals surface area contributed by atoms with Gasteiger partial charge in [-0.3, -0.25) is 9.98 Å². The van der Waals surface area contributed by atoms with Crippen LogP contribution in [0.3, 0.4) is 0 Å². The van der Waals surface area contributed by atoms with Crippen LogP contribution >= 0.6 is 11.8 Å². The summed E-state index contributed by atoms with van der Waals surface area (Å²) in [7, 11) is 0. The van der Waals surface area contributed by atoms with Gasteiger partial charge < -0.3 is 4.98 Å². The van der Waals surface area contributed by atoms with Gasteiger partial charge in [-0.25, -0.2) is 0 Å². The topological polar surface area (TPSA) is 41.0 Å². The monoisotopic (exact) mass is 279 g/mol. The highest BCUT2D eigenvalue weighted by Gasteiger charge is 2.21. The third kappa shape index (κ3) is 2.02. The number of thioether (sulfide) groups is 1. The van der Waals surface area contributed by atoms with Crippen molar-refractivity contribution in [1.29, 1.82) is 0 Å². The van der Waals surface area contributed by atoms with Gasteiger partial charge in [0.05, 0.1) is 11.7 Å². The third-order valence-corrected chi connectivity index (χ3v) is 4.57. The molecule has 20 heavy (non-hydrogen) atoms. The van der Waals surface area contributed by atoms with Crippen LogP contribution in [0.25, 0.3) is 10.9 Å². The molecule has 0 fully saturated rings. The second-order valence-corrected chi connectivity index (χ2v) is 5.83. The van der Waals surface area contributed by atoms with Crippen LogP contribution in [0.1, 0.15) is 17.3 Å². The summed E-state index contributed by atoms with van der Waals surface area (Å²) in [4.78, 5) is 12.4. The maximum Gasteiger partial charge on any atom is 0.115 e. The molecular weight excluding hydrogens is 266 g/mol. The summed E-state index contributed by atoms with van der Waals surface area (Å²) in [5.74, 6) is 1.01. The second kappa shape index (κ2) is 4.80. The molecule has 0 bridgehead atoms. The first-order valence-corrected chi connectivity index (χ1v) is 7.57. The average molecular weight is 279 g/mol. The van der Waals surface area contributed by atoms with Crippen molar-refractivity contribution in [3.63, 3.8) is 0 Å². The molecule has 4 heteroatoms. The van der Waals surface area contributed by atoms with Crippen LogP contribution in [0.5, 0.6) is 0 Å². The van der Waals surface area contributed by atoms with Crippen LogP contribution in [-0.2, 0) is 0 Å². The zero-order valence-corrected chi connectivity index (χ0v) is 11.6. The standard InChI is InChI=1S/C16H13N3S/c1-2-4-11(5-3-1)15-10-20-16(19-15)14-8-12-9-17-7-6-13(12)18-14/h1-9,15,18H,10H2. The van der Waals surface area contributed by atoms with Crippen molar-refractivity contribution in [2.24, 2.45) is 4.99 Å². The van der Waals surface area contributed by atoms with Crippen LogP contribution in [0.4, 0.5) is 0 Å². The highest BCUT2D eigenvalue weighted by molar-refractivity contribution is 8.14. The number of nitrogens with zero attached hydrogens (tertiary/aromatic N) is 2. The molecule has 1 N–H and O–H groups in total. The minimum absolute atomic E-state index is 0.265. The molecule has 0 saturated carbocycles. The van der Waals surface area contributed by atoms with Crippen molar-refractivity contribution in [2.45, 2.75) is 6.04 Å². The lowest BCUT2D eigenvalue weighted by Crippen LogP contribution is -1.93. The van der Waals surface area contributed by atoms with E-state index in [-0.39, 0.29) is 6.04 Å². The number of fused-ring (bicyclic) bond motifs is 1. The average Bonchev–Trinajstić information content (AvgIpc) is 3.14. The summed E-state index contributed by atoms with van der Waals surface area (Å²) >= 11 is 1.81. The van der Waals surface area contributed by atoms with E-state index in [1.54, 1.807) is 6.20 Å². The number of hydrogen-bond donors (Lipinski definition) is 1. The molecule has 1 aliphatic rings. The maximum absolute atomic E-state index is 4.85. The Kier molecular flexibility index (Phi) is 2.81. The molecule has 1 aromatic carbocycles. The molecule has 98 valence electrons. The molecule has 1 unspecified atom stereocenters. The molecule has 0 spiro atoms. The van der Waals surface area contributed by atoms with Crippen molar-refractivity contribution in [2.75, 3.05) is 5.75 Å². The minimum Gasteiger partial charge on any atom is -0.353 e. The Hall–Kier alpha value is -2.07. The molecular formula is C16H13N3S. The number of aromatic amines is 1. The summed E-state index contributed by atoms with van der Waals surface area (Å²) in [5.41, 5.74) is 3.49. The fourth-order valence-corrected chi connectivity index (χ4v) is 3.50. The number of rotatable bonds is 2. The smallest absolute Gasteiger partial charge is 0.115 e. The van der Waals surface area contributed by atoms with Gasteiger partial charge in [-0.05, 0) is 17.7 Å². The van der Waals surface area contributed by atoms with E-state index >= 15 is 0 Å². The summed E-state index contributed by atoms with van der Waals surface area (Å²) < 4.78 is 0. The van der Waals surface area contributed by atoms with Crippen molar-refractivity contribution in [3.05, 3.63) is 66.1 Å². The predicted octanol–water partition coefficient (Wildman–Crippen LogP) is 3.80. The predicted molar refractivity (Wildman–Crippen MR) is 84.3 cm³/mol. The number of pyridine rings is 1.